The molecule has 1 unspecified atom stereocenters. The number of allylic oxidation sites excluding steroid dienone is 1. The van der Waals surface area contributed by atoms with Crippen molar-refractivity contribution in [2.75, 3.05) is 0 Å². The molecule has 1 amide bonds. The molecule has 1 aliphatic rings. The minimum atomic E-state index is -0.575. The Morgan fingerprint density at radius 2 is 2.19 bits per heavy atom. The highest BCUT2D eigenvalue weighted by Gasteiger charge is 2.18. The highest BCUT2D eigenvalue weighted by molar-refractivity contribution is 6.07. The van der Waals surface area contributed by atoms with Crippen molar-refractivity contribution >= 4 is 17.5 Å². The molecule has 0 aromatic heterocycles. The van der Waals surface area contributed by atoms with E-state index in [2.05, 4.69) is 5.32 Å². The Bertz CT molecular complexity index is 355. The molecule has 1 atom stereocenters. The second kappa shape index (κ2) is 6.00. The summed E-state index contributed by atoms with van der Waals surface area (Å²) in [4.78, 5) is 33.3. The van der Waals surface area contributed by atoms with Crippen molar-refractivity contribution in [2.24, 2.45) is 0 Å². The normalized spacial score (nSPS) is 20.2. The zero-order chi connectivity index (χ0) is 12.0. The zero-order valence-corrected chi connectivity index (χ0v) is 9.23. The van der Waals surface area contributed by atoms with E-state index in [-0.39, 0.29) is 17.5 Å². The maximum Gasteiger partial charge on any atom is 0.244 e. The summed E-state index contributed by atoms with van der Waals surface area (Å²) in [6.45, 7) is 1.82. The van der Waals surface area contributed by atoms with Gasteiger partial charge in [0.05, 0.1) is 0 Å². The summed E-state index contributed by atoms with van der Waals surface area (Å²) in [6.07, 6.45) is 7.50. The van der Waals surface area contributed by atoms with Crippen LogP contribution in [0.15, 0.2) is 24.3 Å². The monoisotopic (exact) mass is 221 g/mol. The Morgan fingerprint density at radius 1 is 1.44 bits per heavy atom. The average molecular weight is 221 g/mol. The van der Waals surface area contributed by atoms with Crippen molar-refractivity contribution in [3.63, 3.8) is 0 Å². The van der Waals surface area contributed by atoms with Crippen LogP contribution in [-0.2, 0) is 14.4 Å². The van der Waals surface area contributed by atoms with Crippen LogP contribution in [-0.4, -0.2) is 23.5 Å². The maximum atomic E-state index is 11.3. The number of hydrogen-bond donors (Lipinski definition) is 1. The van der Waals surface area contributed by atoms with E-state index in [9.17, 15) is 14.4 Å². The molecule has 0 fully saturated rings. The highest BCUT2D eigenvalue weighted by Crippen LogP contribution is 2.01. The standard InChI is InChI=1S/C12H15NO3/c1-2-9(14)5-3-4-6-10-11(15)7-8-12(16)13-10/h4,6-8,10H,2-3,5H2,1H3,(H,13,16)/b6-4-. The van der Waals surface area contributed by atoms with E-state index in [0.29, 0.717) is 19.3 Å². The van der Waals surface area contributed by atoms with Crippen molar-refractivity contribution in [1.29, 1.82) is 0 Å². The molecule has 1 heterocycles. The lowest BCUT2D eigenvalue weighted by atomic mass is 10.1. The van der Waals surface area contributed by atoms with Gasteiger partial charge in [-0.3, -0.25) is 14.4 Å². The van der Waals surface area contributed by atoms with Crippen LogP contribution in [0.4, 0.5) is 0 Å². The van der Waals surface area contributed by atoms with Gasteiger partial charge >= 0.3 is 0 Å². The van der Waals surface area contributed by atoms with Gasteiger partial charge in [-0.15, -0.1) is 0 Å². The lowest BCUT2D eigenvalue weighted by Crippen LogP contribution is -2.40. The lowest BCUT2D eigenvalue weighted by Gasteiger charge is -2.14. The molecule has 1 aliphatic heterocycles. The Hall–Kier alpha value is -1.71. The molecule has 0 aromatic carbocycles. The SMILES string of the molecule is CCC(=O)CC/C=C\C1NC(=O)C=CC1=O. The Morgan fingerprint density at radius 3 is 2.88 bits per heavy atom. The van der Waals surface area contributed by atoms with Crippen LogP contribution < -0.4 is 5.32 Å². The molecule has 16 heavy (non-hydrogen) atoms. The van der Waals surface area contributed by atoms with Crippen molar-refractivity contribution < 1.29 is 14.4 Å². The van der Waals surface area contributed by atoms with E-state index >= 15 is 0 Å². The number of hydrogen-bond acceptors (Lipinski definition) is 3. The summed E-state index contributed by atoms with van der Waals surface area (Å²) < 4.78 is 0. The molecule has 0 aromatic rings. The zero-order valence-electron chi connectivity index (χ0n) is 9.23. The van der Waals surface area contributed by atoms with Crippen molar-refractivity contribution in [1.82, 2.24) is 5.32 Å². The quantitative estimate of drug-likeness (QED) is 0.702. The van der Waals surface area contributed by atoms with Crippen LogP contribution in [0.25, 0.3) is 0 Å². The minimum Gasteiger partial charge on any atom is -0.339 e. The summed E-state index contributed by atoms with van der Waals surface area (Å²) in [6, 6.07) is -0.575. The smallest absolute Gasteiger partial charge is 0.244 e. The molecule has 0 saturated heterocycles. The van der Waals surface area contributed by atoms with Gasteiger partial charge in [0.2, 0.25) is 5.91 Å². The topological polar surface area (TPSA) is 63.2 Å². The average Bonchev–Trinajstić information content (AvgIpc) is 2.28. The van der Waals surface area contributed by atoms with E-state index in [1.807, 2.05) is 6.92 Å². The summed E-state index contributed by atoms with van der Waals surface area (Å²) in [5.74, 6) is -0.208. The van der Waals surface area contributed by atoms with Gasteiger partial charge in [-0.1, -0.05) is 19.1 Å². The van der Waals surface area contributed by atoms with Crippen LogP contribution in [0.2, 0.25) is 0 Å². The van der Waals surface area contributed by atoms with Crippen LogP contribution in [0, 0.1) is 0 Å². The fourth-order valence-corrected chi connectivity index (χ4v) is 1.33. The summed E-state index contributed by atoms with van der Waals surface area (Å²) in [5, 5.41) is 2.52. The van der Waals surface area contributed by atoms with E-state index < -0.39 is 6.04 Å². The lowest BCUT2D eigenvalue weighted by molar-refractivity contribution is -0.123. The molecule has 1 rings (SSSR count). The maximum absolute atomic E-state index is 11.3. The van der Waals surface area contributed by atoms with Gasteiger partial charge in [0.25, 0.3) is 0 Å². The first-order valence-corrected chi connectivity index (χ1v) is 5.34. The third-order valence-corrected chi connectivity index (χ3v) is 2.32. The van der Waals surface area contributed by atoms with Crippen molar-refractivity contribution in [3.05, 3.63) is 24.3 Å². The molecular weight excluding hydrogens is 206 g/mol. The van der Waals surface area contributed by atoms with Gasteiger partial charge in [-0.2, -0.15) is 0 Å². The van der Waals surface area contributed by atoms with Crippen LogP contribution in [0.3, 0.4) is 0 Å². The van der Waals surface area contributed by atoms with E-state index in [0.717, 1.165) is 0 Å². The van der Waals surface area contributed by atoms with E-state index in [1.54, 1.807) is 12.2 Å². The predicted molar refractivity (Wildman–Crippen MR) is 59.7 cm³/mol. The number of rotatable bonds is 5. The third kappa shape index (κ3) is 3.81. The van der Waals surface area contributed by atoms with Gasteiger partial charge in [-0.25, -0.2) is 0 Å². The predicted octanol–water partition coefficient (Wildman–Crippen LogP) is 0.926. The highest BCUT2D eigenvalue weighted by atomic mass is 16.2. The summed E-state index contributed by atoms with van der Waals surface area (Å²) >= 11 is 0. The minimum absolute atomic E-state index is 0.141. The van der Waals surface area contributed by atoms with Gasteiger partial charge in [-0.05, 0) is 12.5 Å². The number of ketones is 2. The van der Waals surface area contributed by atoms with Crippen molar-refractivity contribution in [2.45, 2.75) is 32.2 Å². The number of Topliss-reactive ketones (excluding diaryl/α,β-unsaturated/α-hetero) is 1. The molecule has 1 N–H and O–H groups in total. The second-order valence-electron chi connectivity index (χ2n) is 3.58. The molecule has 4 nitrogen and oxygen atoms in total. The molecule has 86 valence electrons. The molecule has 4 heteroatoms. The van der Waals surface area contributed by atoms with Gasteiger partial charge in [0, 0.05) is 18.9 Å². The van der Waals surface area contributed by atoms with Crippen molar-refractivity contribution in [3.8, 4) is 0 Å². The fraction of sp³-hybridized carbons (Fsp3) is 0.417. The number of amides is 1. The molecular formula is C12H15NO3. The Balaban J connectivity index is 2.39. The second-order valence-corrected chi connectivity index (χ2v) is 3.58. The largest absolute Gasteiger partial charge is 0.339 e. The molecule has 0 radical (unpaired) electrons. The van der Waals surface area contributed by atoms with Crippen LogP contribution in [0.1, 0.15) is 26.2 Å². The summed E-state index contributed by atoms with van der Waals surface area (Å²) in [5.41, 5.74) is 0. The van der Waals surface area contributed by atoms with E-state index in [1.165, 1.54) is 12.2 Å². The van der Waals surface area contributed by atoms with Gasteiger partial charge in [0.15, 0.2) is 5.78 Å². The van der Waals surface area contributed by atoms with E-state index in [4.69, 9.17) is 0 Å². The molecule has 0 saturated carbocycles. The third-order valence-electron chi connectivity index (χ3n) is 2.32. The molecule has 0 spiro atoms. The summed E-state index contributed by atoms with van der Waals surface area (Å²) in [7, 11) is 0. The Labute approximate surface area is 94.4 Å². The number of carbonyl (C=O) groups is 3. The molecule has 0 bridgehead atoms. The molecule has 0 aliphatic carbocycles. The first kappa shape index (κ1) is 12.4. The number of carbonyl (C=O) groups excluding carboxylic acids is 3. The van der Waals surface area contributed by atoms with Gasteiger partial charge in [0.1, 0.15) is 11.8 Å². The van der Waals surface area contributed by atoms with Crippen LogP contribution >= 0.6 is 0 Å². The first-order valence-electron chi connectivity index (χ1n) is 5.34. The Kier molecular flexibility index (Phi) is 4.64. The van der Waals surface area contributed by atoms with Gasteiger partial charge < -0.3 is 5.32 Å². The first-order chi connectivity index (χ1) is 7.63. The number of nitrogens with one attached hydrogen (secondary N) is 1. The van der Waals surface area contributed by atoms with Crippen LogP contribution in [0.5, 0.6) is 0 Å². The fourth-order valence-electron chi connectivity index (χ4n) is 1.33.